The number of rotatable bonds is 7. The van der Waals surface area contributed by atoms with E-state index in [0.29, 0.717) is 0 Å². The zero-order valence-corrected chi connectivity index (χ0v) is 18.6. The number of halogens is 3. The summed E-state index contributed by atoms with van der Waals surface area (Å²) in [5, 5.41) is 23.0. The SMILES string of the molecule is Nc1cc(C(O)C(O)CCNC(=O)OCC2c3ccccc3-c3ccccc32)cc(C(F)(F)F)c1. The molecule has 0 aliphatic heterocycles. The standard InChI is InChI=1S/C26H25F3N2O4/c27-26(28,29)16-11-15(12-17(30)13-16)24(33)23(32)9-10-31-25(34)35-14-22-20-7-3-1-5-18(20)19-6-2-4-8-21(19)22/h1-8,11-13,22-24,32-33H,9-10,14,30H2,(H,31,34). The van der Waals surface area contributed by atoms with E-state index in [-0.39, 0.29) is 36.7 Å². The topological polar surface area (TPSA) is 105 Å². The van der Waals surface area contributed by atoms with Crippen molar-refractivity contribution in [2.75, 3.05) is 18.9 Å². The zero-order chi connectivity index (χ0) is 25.2. The number of nitrogen functional groups attached to an aromatic ring is 1. The third-order valence-corrected chi connectivity index (χ3v) is 6.06. The lowest BCUT2D eigenvalue weighted by Crippen LogP contribution is -2.30. The van der Waals surface area contributed by atoms with Gasteiger partial charge >= 0.3 is 12.3 Å². The first kappa shape index (κ1) is 24.6. The Labute approximate surface area is 200 Å². The Balaban J connectivity index is 1.30. The second-order valence-electron chi connectivity index (χ2n) is 8.44. The normalized spacial score (nSPS) is 14.7. The number of aliphatic hydroxyl groups excluding tert-OH is 2. The summed E-state index contributed by atoms with van der Waals surface area (Å²) >= 11 is 0. The zero-order valence-electron chi connectivity index (χ0n) is 18.6. The summed E-state index contributed by atoms with van der Waals surface area (Å²) in [4.78, 5) is 12.2. The van der Waals surface area contributed by atoms with Crippen molar-refractivity contribution in [3.63, 3.8) is 0 Å². The Morgan fingerprint density at radius 3 is 2.20 bits per heavy atom. The largest absolute Gasteiger partial charge is 0.449 e. The molecule has 6 nitrogen and oxygen atoms in total. The van der Waals surface area contributed by atoms with Crippen molar-refractivity contribution in [3.05, 3.63) is 89.0 Å². The fraction of sp³-hybridized carbons (Fsp3) is 0.269. The summed E-state index contributed by atoms with van der Waals surface area (Å²) in [7, 11) is 0. The minimum absolute atomic E-state index is 0.0522. The summed E-state index contributed by atoms with van der Waals surface area (Å²) in [5.41, 5.74) is 8.49. The molecule has 3 aromatic carbocycles. The molecule has 184 valence electrons. The van der Waals surface area contributed by atoms with E-state index in [1.54, 1.807) is 0 Å². The molecular weight excluding hydrogens is 461 g/mol. The first-order valence-electron chi connectivity index (χ1n) is 11.1. The lowest BCUT2D eigenvalue weighted by atomic mass is 9.98. The van der Waals surface area contributed by atoms with Crippen LogP contribution in [-0.4, -0.2) is 35.6 Å². The number of nitrogens with two attached hydrogens (primary N) is 1. The molecular formula is C26H25F3N2O4. The molecule has 0 aromatic heterocycles. The van der Waals surface area contributed by atoms with Gasteiger partial charge in [0.05, 0.1) is 11.7 Å². The van der Waals surface area contributed by atoms with Crippen LogP contribution in [0, 0.1) is 0 Å². The molecule has 0 fully saturated rings. The maximum absolute atomic E-state index is 13.0. The van der Waals surface area contributed by atoms with Gasteiger partial charge < -0.3 is 26.0 Å². The summed E-state index contributed by atoms with van der Waals surface area (Å²) in [6, 6.07) is 18.5. The van der Waals surface area contributed by atoms with E-state index in [2.05, 4.69) is 5.32 Å². The van der Waals surface area contributed by atoms with Gasteiger partial charge in [0.15, 0.2) is 0 Å². The van der Waals surface area contributed by atoms with Crippen LogP contribution in [0.1, 0.15) is 40.7 Å². The van der Waals surface area contributed by atoms with Gasteiger partial charge in [-0.05, 0) is 52.4 Å². The minimum atomic E-state index is -4.64. The molecule has 1 aliphatic rings. The van der Waals surface area contributed by atoms with Crippen LogP contribution >= 0.6 is 0 Å². The fourth-order valence-electron chi connectivity index (χ4n) is 4.36. The minimum Gasteiger partial charge on any atom is -0.449 e. The van der Waals surface area contributed by atoms with Crippen molar-refractivity contribution in [3.8, 4) is 11.1 Å². The number of carbonyl (C=O) groups is 1. The van der Waals surface area contributed by atoms with Crippen molar-refractivity contribution >= 4 is 11.8 Å². The molecule has 35 heavy (non-hydrogen) atoms. The molecule has 1 amide bonds. The summed E-state index contributed by atoms with van der Waals surface area (Å²) in [5.74, 6) is -0.105. The van der Waals surface area contributed by atoms with Gasteiger partial charge in [0.1, 0.15) is 12.7 Å². The molecule has 0 saturated carbocycles. The number of nitrogens with one attached hydrogen (secondary N) is 1. The molecule has 0 spiro atoms. The predicted molar refractivity (Wildman–Crippen MR) is 125 cm³/mol. The van der Waals surface area contributed by atoms with Crippen molar-refractivity contribution in [1.29, 1.82) is 0 Å². The molecule has 1 aliphatic carbocycles. The highest BCUT2D eigenvalue weighted by molar-refractivity contribution is 5.79. The monoisotopic (exact) mass is 486 g/mol. The number of alkyl halides is 3. The Bertz CT molecular complexity index is 1170. The quantitative estimate of drug-likeness (QED) is 0.365. The Morgan fingerprint density at radius 1 is 1.00 bits per heavy atom. The number of hydrogen-bond acceptors (Lipinski definition) is 5. The lowest BCUT2D eigenvalue weighted by molar-refractivity contribution is -0.137. The number of amides is 1. The lowest BCUT2D eigenvalue weighted by Gasteiger charge is -2.20. The highest BCUT2D eigenvalue weighted by atomic mass is 19.4. The number of carbonyl (C=O) groups excluding carboxylic acids is 1. The van der Waals surface area contributed by atoms with E-state index in [1.165, 1.54) is 6.07 Å². The number of hydrogen-bond donors (Lipinski definition) is 4. The maximum Gasteiger partial charge on any atom is 0.416 e. The Hall–Kier alpha value is -3.56. The number of aliphatic hydroxyl groups is 2. The smallest absolute Gasteiger partial charge is 0.416 e. The predicted octanol–water partition coefficient (Wildman–Crippen LogP) is 4.61. The van der Waals surface area contributed by atoms with Crippen LogP contribution in [0.5, 0.6) is 0 Å². The van der Waals surface area contributed by atoms with E-state index in [9.17, 15) is 28.2 Å². The van der Waals surface area contributed by atoms with Gasteiger partial charge in [0.2, 0.25) is 0 Å². The molecule has 9 heteroatoms. The highest BCUT2D eigenvalue weighted by Gasteiger charge is 2.32. The number of alkyl carbamates (subject to hydrolysis) is 1. The highest BCUT2D eigenvalue weighted by Crippen LogP contribution is 2.44. The average Bonchev–Trinajstić information content (AvgIpc) is 3.15. The molecule has 0 heterocycles. The first-order valence-corrected chi connectivity index (χ1v) is 11.1. The molecule has 2 unspecified atom stereocenters. The van der Waals surface area contributed by atoms with Crippen LogP contribution in [0.4, 0.5) is 23.7 Å². The third kappa shape index (κ3) is 5.41. The molecule has 2 atom stereocenters. The van der Waals surface area contributed by atoms with E-state index in [1.807, 2.05) is 48.5 Å². The molecule has 0 radical (unpaired) electrons. The average molecular weight is 486 g/mol. The number of anilines is 1. The van der Waals surface area contributed by atoms with E-state index < -0.39 is 30.0 Å². The van der Waals surface area contributed by atoms with Crippen molar-refractivity contribution in [1.82, 2.24) is 5.32 Å². The molecule has 5 N–H and O–H groups in total. The van der Waals surface area contributed by atoms with Gasteiger partial charge in [-0.1, -0.05) is 48.5 Å². The van der Waals surface area contributed by atoms with Crippen LogP contribution in [0.3, 0.4) is 0 Å². The summed E-state index contributed by atoms with van der Waals surface area (Å²) in [6.45, 7) is 0.0674. The number of ether oxygens (including phenoxy) is 1. The van der Waals surface area contributed by atoms with Gasteiger partial charge in [0, 0.05) is 18.2 Å². The second kappa shape index (κ2) is 9.97. The third-order valence-electron chi connectivity index (χ3n) is 6.06. The summed E-state index contributed by atoms with van der Waals surface area (Å²) in [6.07, 6.45) is -8.48. The van der Waals surface area contributed by atoms with Gasteiger partial charge in [0.25, 0.3) is 0 Å². The number of benzene rings is 3. The molecule has 0 saturated heterocycles. The fourth-order valence-corrected chi connectivity index (χ4v) is 4.36. The summed E-state index contributed by atoms with van der Waals surface area (Å²) < 4.78 is 44.4. The van der Waals surface area contributed by atoms with Gasteiger partial charge in [-0.2, -0.15) is 13.2 Å². The van der Waals surface area contributed by atoms with Crippen molar-refractivity contribution < 1.29 is 32.9 Å². The van der Waals surface area contributed by atoms with E-state index >= 15 is 0 Å². The van der Waals surface area contributed by atoms with Crippen LogP contribution in [0.2, 0.25) is 0 Å². The van der Waals surface area contributed by atoms with Gasteiger partial charge in [-0.15, -0.1) is 0 Å². The van der Waals surface area contributed by atoms with Crippen LogP contribution in [0.25, 0.3) is 11.1 Å². The van der Waals surface area contributed by atoms with Crippen molar-refractivity contribution in [2.24, 2.45) is 0 Å². The van der Waals surface area contributed by atoms with Crippen LogP contribution < -0.4 is 11.1 Å². The van der Waals surface area contributed by atoms with E-state index in [0.717, 1.165) is 34.4 Å². The van der Waals surface area contributed by atoms with Gasteiger partial charge in [-0.3, -0.25) is 0 Å². The van der Waals surface area contributed by atoms with E-state index in [4.69, 9.17) is 10.5 Å². The Kier molecular flexibility index (Phi) is 7.00. The first-order chi connectivity index (χ1) is 16.6. The maximum atomic E-state index is 13.0. The van der Waals surface area contributed by atoms with Gasteiger partial charge in [-0.25, -0.2) is 4.79 Å². The second-order valence-corrected chi connectivity index (χ2v) is 8.44. The molecule has 0 bridgehead atoms. The molecule has 3 aromatic rings. The van der Waals surface area contributed by atoms with Crippen LogP contribution in [0.15, 0.2) is 66.7 Å². The number of fused-ring (bicyclic) bond motifs is 3. The van der Waals surface area contributed by atoms with Crippen molar-refractivity contribution in [2.45, 2.75) is 30.7 Å². The molecule has 4 rings (SSSR count). The Morgan fingerprint density at radius 2 is 1.60 bits per heavy atom. The van der Waals surface area contributed by atoms with Crippen LogP contribution in [-0.2, 0) is 10.9 Å².